The van der Waals surface area contributed by atoms with Crippen LogP contribution in [0.15, 0.2) is 0 Å². The zero-order chi connectivity index (χ0) is 21.5. The first-order valence-corrected chi connectivity index (χ1v) is 10.9. The van der Waals surface area contributed by atoms with E-state index in [2.05, 4.69) is 33.9 Å². The van der Waals surface area contributed by atoms with E-state index in [9.17, 15) is 4.79 Å². The van der Waals surface area contributed by atoms with Gasteiger partial charge in [-0.1, -0.05) is 13.8 Å². The van der Waals surface area contributed by atoms with Crippen LogP contribution in [-0.4, -0.2) is 84.3 Å². The van der Waals surface area contributed by atoms with Crippen LogP contribution in [0.2, 0.25) is 0 Å². The largest absolute Gasteiger partial charge is 0.483 e. The van der Waals surface area contributed by atoms with Gasteiger partial charge in [-0.2, -0.15) is 0 Å². The summed E-state index contributed by atoms with van der Waals surface area (Å²) in [5, 5.41) is 9.82. The molecule has 3 aliphatic heterocycles. The molecule has 30 heavy (non-hydrogen) atoms. The van der Waals surface area contributed by atoms with Crippen molar-refractivity contribution in [2.24, 2.45) is 5.92 Å². The number of carbonyl (C=O) groups excluding carboxylic acids is 1. The predicted molar refractivity (Wildman–Crippen MR) is 113 cm³/mol. The minimum atomic E-state index is -0.250. The van der Waals surface area contributed by atoms with Gasteiger partial charge in [0.05, 0.1) is 13.2 Å². The second kappa shape index (κ2) is 10.7. The third-order valence-electron chi connectivity index (χ3n) is 5.82. The van der Waals surface area contributed by atoms with Gasteiger partial charge >= 0.3 is 0 Å². The van der Waals surface area contributed by atoms with Crippen molar-refractivity contribution < 1.29 is 19.4 Å². The highest BCUT2D eigenvalue weighted by Crippen LogP contribution is 2.28. The summed E-state index contributed by atoms with van der Waals surface area (Å²) in [6, 6.07) is 0.640. The van der Waals surface area contributed by atoms with Crippen LogP contribution in [0.3, 0.4) is 0 Å². The standard InChI is InChI=1S/C20H31N5O2.CH2O2/c1-14(2)13-17-22-18-16(3-6-21-20(18)26)19(23-17)25-7-4-15(5-8-25)24-9-11-27-12-10-24;2-1-3/h14-15H,3-13H2,1-2H3,(H,21,26);1H,(H,2,3). The second-order valence-electron chi connectivity index (χ2n) is 8.37. The Morgan fingerprint density at radius 3 is 2.50 bits per heavy atom. The molecule has 1 aromatic rings. The summed E-state index contributed by atoms with van der Waals surface area (Å²) in [6.45, 7) is 10.5. The highest BCUT2D eigenvalue weighted by Gasteiger charge is 2.30. The van der Waals surface area contributed by atoms with Crippen LogP contribution < -0.4 is 10.2 Å². The van der Waals surface area contributed by atoms with Crippen molar-refractivity contribution >= 4 is 18.2 Å². The van der Waals surface area contributed by atoms with Gasteiger partial charge in [0.25, 0.3) is 12.4 Å². The van der Waals surface area contributed by atoms with Crippen molar-refractivity contribution in [2.75, 3.05) is 50.8 Å². The number of fused-ring (bicyclic) bond motifs is 1. The molecule has 9 nitrogen and oxygen atoms in total. The van der Waals surface area contributed by atoms with Gasteiger partial charge in [0.15, 0.2) is 0 Å². The molecule has 0 aromatic carbocycles. The van der Waals surface area contributed by atoms with Gasteiger partial charge in [-0.05, 0) is 25.2 Å². The van der Waals surface area contributed by atoms with E-state index in [0.29, 0.717) is 24.2 Å². The van der Waals surface area contributed by atoms with Crippen molar-refractivity contribution in [3.8, 4) is 0 Å². The summed E-state index contributed by atoms with van der Waals surface area (Å²) in [5.74, 6) is 2.22. The molecule has 4 rings (SSSR count). The first-order chi connectivity index (χ1) is 14.5. The fourth-order valence-corrected chi connectivity index (χ4v) is 4.42. The van der Waals surface area contributed by atoms with Gasteiger partial charge in [0.2, 0.25) is 0 Å². The van der Waals surface area contributed by atoms with E-state index in [1.54, 1.807) is 0 Å². The lowest BCUT2D eigenvalue weighted by atomic mass is 10.00. The number of aromatic nitrogens is 2. The van der Waals surface area contributed by atoms with Crippen molar-refractivity contribution in [3.63, 3.8) is 0 Å². The third kappa shape index (κ3) is 5.46. The summed E-state index contributed by atoms with van der Waals surface area (Å²) in [6.07, 6.45) is 3.91. The molecule has 0 radical (unpaired) electrons. The molecule has 2 N–H and O–H groups in total. The maximum Gasteiger partial charge on any atom is 0.290 e. The molecular formula is C21H33N5O4. The van der Waals surface area contributed by atoms with Crippen LogP contribution in [-0.2, 0) is 22.4 Å². The lowest BCUT2D eigenvalue weighted by Crippen LogP contribution is -2.49. The van der Waals surface area contributed by atoms with Crippen molar-refractivity contribution in [3.05, 3.63) is 17.1 Å². The zero-order valence-electron chi connectivity index (χ0n) is 18.0. The van der Waals surface area contributed by atoms with Gasteiger partial charge in [0, 0.05) is 50.7 Å². The molecule has 0 aliphatic carbocycles. The molecule has 4 heterocycles. The monoisotopic (exact) mass is 419 g/mol. The SMILES string of the molecule is CC(C)Cc1nc2c(c(N3CCC(N4CCOCC4)CC3)n1)CCNC2=O.O=CO. The number of nitrogens with zero attached hydrogens (tertiary/aromatic N) is 4. The number of hydrogen-bond acceptors (Lipinski definition) is 7. The molecule has 2 saturated heterocycles. The van der Waals surface area contributed by atoms with Gasteiger partial charge in [0.1, 0.15) is 17.3 Å². The zero-order valence-corrected chi connectivity index (χ0v) is 18.0. The molecule has 2 fully saturated rings. The van der Waals surface area contributed by atoms with Crippen LogP contribution in [0.25, 0.3) is 0 Å². The van der Waals surface area contributed by atoms with Crippen LogP contribution >= 0.6 is 0 Å². The smallest absolute Gasteiger partial charge is 0.290 e. The number of anilines is 1. The van der Waals surface area contributed by atoms with E-state index >= 15 is 0 Å². The molecule has 3 aliphatic rings. The average Bonchev–Trinajstić information content (AvgIpc) is 2.75. The number of nitrogens with one attached hydrogen (secondary N) is 1. The van der Waals surface area contributed by atoms with Crippen molar-refractivity contribution in [1.82, 2.24) is 20.2 Å². The normalized spacial score (nSPS) is 20.2. The maximum atomic E-state index is 12.4. The maximum absolute atomic E-state index is 12.4. The molecule has 0 spiro atoms. The Morgan fingerprint density at radius 2 is 1.87 bits per heavy atom. The van der Waals surface area contributed by atoms with Crippen molar-refractivity contribution in [2.45, 2.75) is 45.6 Å². The first-order valence-electron chi connectivity index (χ1n) is 10.9. The number of amides is 1. The van der Waals surface area contributed by atoms with Crippen LogP contribution in [0, 0.1) is 5.92 Å². The van der Waals surface area contributed by atoms with E-state index < -0.39 is 0 Å². The number of hydrogen-bond donors (Lipinski definition) is 2. The van der Waals surface area contributed by atoms with Gasteiger partial charge < -0.3 is 20.1 Å². The van der Waals surface area contributed by atoms with E-state index in [-0.39, 0.29) is 12.4 Å². The number of piperidine rings is 1. The van der Waals surface area contributed by atoms with Crippen LogP contribution in [0.5, 0.6) is 0 Å². The topological polar surface area (TPSA) is 108 Å². The third-order valence-corrected chi connectivity index (χ3v) is 5.82. The molecule has 1 aromatic heterocycles. The van der Waals surface area contributed by atoms with Gasteiger partial charge in [-0.15, -0.1) is 0 Å². The molecule has 166 valence electrons. The average molecular weight is 420 g/mol. The summed E-state index contributed by atoms with van der Waals surface area (Å²) in [5.41, 5.74) is 1.63. The Balaban J connectivity index is 0.000000806. The highest BCUT2D eigenvalue weighted by molar-refractivity contribution is 5.96. The minimum absolute atomic E-state index is 0.0480. The fraction of sp³-hybridized carbons (Fsp3) is 0.714. The Hall–Kier alpha value is -2.26. The van der Waals surface area contributed by atoms with E-state index in [1.165, 1.54) is 0 Å². The van der Waals surface area contributed by atoms with E-state index in [1.807, 2.05) is 0 Å². The minimum Gasteiger partial charge on any atom is -0.483 e. The lowest BCUT2D eigenvalue weighted by molar-refractivity contribution is -0.122. The molecule has 0 unspecified atom stereocenters. The number of ether oxygens (including phenoxy) is 1. The highest BCUT2D eigenvalue weighted by atomic mass is 16.5. The number of carbonyl (C=O) groups is 2. The second-order valence-corrected chi connectivity index (χ2v) is 8.37. The summed E-state index contributed by atoms with van der Waals surface area (Å²) >= 11 is 0. The number of carboxylic acid groups (broad SMARTS) is 1. The Morgan fingerprint density at radius 1 is 1.20 bits per heavy atom. The Kier molecular flexibility index (Phi) is 7.98. The van der Waals surface area contributed by atoms with Gasteiger partial charge in [-0.25, -0.2) is 9.97 Å². The molecule has 9 heteroatoms. The Bertz CT molecular complexity index is 728. The summed E-state index contributed by atoms with van der Waals surface area (Å²) < 4.78 is 5.49. The quantitative estimate of drug-likeness (QED) is 0.695. The van der Waals surface area contributed by atoms with Crippen molar-refractivity contribution in [1.29, 1.82) is 0 Å². The molecule has 1 amide bonds. The van der Waals surface area contributed by atoms with Crippen LogP contribution in [0.1, 0.15) is 48.6 Å². The summed E-state index contributed by atoms with van der Waals surface area (Å²) in [7, 11) is 0. The van der Waals surface area contributed by atoms with E-state index in [4.69, 9.17) is 19.6 Å². The predicted octanol–water partition coefficient (Wildman–Crippen LogP) is 0.963. The number of rotatable bonds is 4. The molecule has 0 atom stereocenters. The molecule has 0 bridgehead atoms. The van der Waals surface area contributed by atoms with Gasteiger partial charge in [-0.3, -0.25) is 14.5 Å². The summed E-state index contributed by atoms with van der Waals surface area (Å²) in [4.78, 5) is 35.2. The molecule has 0 saturated carbocycles. The molecular weight excluding hydrogens is 386 g/mol. The fourth-order valence-electron chi connectivity index (χ4n) is 4.42. The Labute approximate surface area is 177 Å². The van der Waals surface area contributed by atoms with E-state index in [0.717, 1.165) is 82.3 Å². The number of morpholine rings is 1. The van der Waals surface area contributed by atoms with Crippen LogP contribution in [0.4, 0.5) is 5.82 Å². The lowest BCUT2D eigenvalue weighted by Gasteiger charge is -2.41. The first kappa shape index (κ1) is 22.4.